The van der Waals surface area contributed by atoms with Crippen molar-refractivity contribution < 1.29 is 27.5 Å². The van der Waals surface area contributed by atoms with Crippen LogP contribution in [0.4, 0.5) is 5.69 Å². The minimum absolute atomic E-state index is 0.0762. The van der Waals surface area contributed by atoms with Crippen LogP contribution in [-0.4, -0.2) is 50.9 Å². The van der Waals surface area contributed by atoms with Crippen LogP contribution in [0, 0.1) is 0 Å². The van der Waals surface area contributed by atoms with Crippen LogP contribution >= 0.6 is 0 Å². The van der Waals surface area contributed by atoms with E-state index in [-0.39, 0.29) is 11.5 Å². The monoisotopic (exact) mass is 420 g/mol. The lowest BCUT2D eigenvalue weighted by Crippen LogP contribution is -2.30. The molecule has 0 aliphatic rings. The Bertz CT molecular complexity index is 927. The normalized spacial score (nSPS) is 11.1. The molecular weight excluding hydrogens is 396 g/mol. The van der Waals surface area contributed by atoms with Gasteiger partial charge in [-0.25, -0.2) is 13.2 Å². The van der Waals surface area contributed by atoms with Crippen molar-refractivity contribution in [3.63, 3.8) is 0 Å². The maximum atomic E-state index is 12.6. The Morgan fingerprint density at radius 2 is 1.66 bits per heavy atom. The van der Waals surface area contributed by atoms with Gasteiger partial charge >= 0.3 is 5.97 Å². The van der Waals surface area contributed by atoms with E-state index in [1.54, 1.807) is 44.2 Å². The highest BCUT2D eigenvalue weighted by atomic mass is 32.2. The third kappa shape index (κ3) is 6.58. The molecule has 0 aromatic heterocycles. The highest BCUT2D eigenvalue weighted by Crippen LogP contribution is 2.19. The lowest BCUT2D eigenvalue weighted by Gasteiger charge is -2.18. The van der Waals surface area contributed by atoms with Crippen LogP contribution in [0.5, 0.6) is 5.75 Å². The molecule has 8 nitrogen and oxygen atoms in total. The number of carbonyl (C=O) groups excluding carboxylic acids is 2. The molecular formula is C20H24N2O6S. The summed E-state index contributed by atoms with van der Waals surface area (Å²) in [6.45, 7) is 3.36. The minimum Gasteiger partial charge on any atom is -0.482 e. The maximum Gasteiger partial charge on any atom is 0.344 e. The second-order valence-electron chi connectivity index (χ2n) is 5.93. The predicted molar refractivity (Wildman–Crippen MR) is 108 cm³/mol. The van der Waals surface area contributed by atoms with Crippen LogP contribution in [0.25, 0.3) is 0 Å². The number of hydrogen-bond acceptors (Lipinski definition) is 6. The van der Waals surface area contributed by atoms with Gasteiger partial charge in [0.25, 0.3) is 5.91 Å². The SMILES string of the molecule is CCN(CC)S(=O)(=O)c1cccc(NC(=O)COC(=O)COc2ccccc2)c1. The topological polar surface area (TPSA) is 102 Å². The molecule has 2 rings (SSSR count). The van der Waals surface area contributed by atoms with Crippen LogP contribution in [0.1, 0.15) is 13.8 Å². The molecule has 0 atom stereocenters. The first-order valence-corrected chi connectivity index (χ1v) is 10.5. The molecule has 0 spiro atoms. The van der Waals surface area contributed by atoms with E-state index in [4.69, 9.17) is 9.47 Å². The number of carbonyl (C=O) groups is 2. The Labute approximate surface area is 170 Å². The number of ether oxygens (including phenoxy) is 2. The van der Waals surface area contributed by atoms with E-state index in [2.05, 4.69) is 5.32 Å². The molecule has 0 radical (unpaired) electrons. The summed E-state index contributed by atoms with van der Waals surface area (Å²) in [5, 5.41) is 2.52. The van der Waals surface area contributed by atoms with Crippen LogP contribution in [-0.2, 0) is 24.3 Å². The summed E-state index contributed by atoms with van der Waals surface area (Å²) in [6.07, 6.45) is 0. The van der Waals surface area contributed by atoms with Gasteiger partial charge in [0.05, 0.1) is 4.90 Å². The van der Waals surface area contributed by atoms with Crippen molar-refractivity contribution in [1.82, 2.24) is 4.31 Å². The van der Waals surface area contributed by atoms with Gasteiger partial charge in [-0.15, -0.1) is 0 Å². The van der Waals surface area contributed by atoms with Crippen molar-refractivity contribution in [2.24, 2.45) is 0 Å². The van der Waals surface area contributed by atoms with Gasteiger partial charge in [0.2, 0.25) is 10.0 Å². The number of hydrogen-bond donors (Lipinski definition) is 1. The average molecular weight is 420 g/mol. The van der Waals surface area contributed by atoms with Gasteiger partial charge in [-0.05, 0) is 30.3 Å². The van der Waals surface area contributed by atoms with Gasteiger partial charge in [-0.2, -0.15) is 4.31 Å². The van der Waals surface area contributed by atoms with Gasteiger partial charge in [0.1, 0.15) is 5.75 Å². The summed E-state index contributed by atoms with van der Waals surface area (Å²) in [6, 6.07) is 14.7. The van der Waals surface area contributed by atoms with Crippen LogP contribution in [0.2, 0.25) is 0 Å². The first-order valence-electron chi connectivity index (χ1n) is 9.10. The second-order valence-corrected chi connectivity index (χ2v) is 7.87. The van der Waals surface area contributed by atoms with Gasteiger partial charge in [-0.1, -0.05) is 38.1 Å². The number of benzene rings is 2. The number of nitrogens with zero attached hydrogens (tertiary/aromatic N) is 1. The van der Waals surface area contributed by atoms with Crippen molar-refractivity contribution in [2.75, 3.05) is 31.6 Å². The first kappa shape index (κ1) is 22.4. The lowest BCUT2D eigenvalue weighted by atomic mass is 10.3. The van der Waals surface area contributed by atoms with Crippen molar-refractivity contribution in [3.05, 3.63) is 54.6 Å². The number of rotatable bonds is 10. The molecule has 0 fully saturated rings. The van der Waals surface area contributed by atoms with Crippen LogP contribution in [0.15, 0.2) is 59.5 Å². The summed E-state index contributed by atoms with van der Waals surface area (Å²) < 4.78 is 36.6. The van der Waals surface area contributed by atoms with Gasteiger partial charge in [-0.3, -0.25) is 4.79 Å². The molecule has 1 N–H and O–H groups in total. The quantitative estimate of drug-likeness (QED) is 0.592. The molecule has 0 heterocycles. The smallest absolute Gasteiger partial charge is 0.344 e. The fourth-order valence-electron chi connectivity index (χ4n) is 2.49. The lowest BCUT2D eigenvalue weighted by molar-refractivity contribution is -0.149. The molecule has 156 valence electrons. The minimum atomic E-state index is -3.64. The van der Waals surface area contributed by atoms with Crippen molar-refractivity contribution in [1.29, 1.82) is 0 Å². The van der Waals surface area contributed by atoms with E-state index < -0.39 is 28.5 Å². The third-order valence-electron chi connectivity index (χ3n) is 3.93. The van der Waals surface area contributed by atoms with Gasteiger partial charge in [0.15, 0.2) is 13.2 Å². The Morgan fingerprint density at radius 1 is 0.966 bits per heavy atom. The molecule has 0 unspecified atom stereocenters. The van der Waals surface area contributed by atoms with E-state index in [9.17, 15) is 18.0 Å². The molecule has 9 heteroatoms. The fourth-order valence-corrected chi connectivity index (χ4v) is 4.00. The van der Waals surface area contributed by atoms with Gasteiger partial charge in [0, 0.05) is 18.8 Å². The first-order chi connectivity index (χ1) is 13.9. The van der Waals surface area contributed by atoms with Gasteiger partial charge < -0.3 is 14.8 Å². The maximum absolute atomic E-state index is 12.6. The standard InChI is InChI=1S/C20H24N2O6S/c1-3-22(4-2)29(25,26)18-12-8-9-16(13-18)21-19(23)14-28-20(24)15-27-17-10-6-5-7-11-17/h5-13H,3-4,14-15H2,1-2H3,(H,21,23). The van der Waals surface area contributed by atoms with E-state index in [0.717, 1.165) is 0 Å². The summed E-state index contributed by atoms with van der Waals surface area (Å²) in [4.78, 5) is 23.8. The predicted octanol–water partition coefficient (Wildman–Crippen LogP) is 2.28. The second kappa shape index (κ2) is 10.6. The number of esters is 1. The van der Waals surface area contributed by atoms with Crippen molar-refractivity contribution >= 4 is 27.6 Å². The Balaban J connectivity index is 1.88. The number of anilines is 1. The Kier molecular flexibility index (Phi) is 8.17. The summed E-state index contributed by atoms with van der Waals surface area (Å²) in [5.41, 5.74) is 0.291. The van der Waals surface area contributed by atoms with Crippen LogP contribution < -0.4 is 10.1 Å². The summed E-state index contributed by atoms with van der Waals surface area (Å²) >= 11 is 0. The third-order valence-corrected chi connectivity index (χ3v) is 5.97. The number of sulfonamides is 1. The molecule has 0 aliphatic carbocycles. The molecule has 2 aromatic rings. The molecule has 1 amide bonds. The number of para-hydroxylation sites is 1. The fraction of sp³-hybridized carbons (Fsp3) is 0.300. The molecule has 0 saturated carbocycles. The van der Waals surface area contributed by atoms with Crippen molar-refractivity contribution in [3.8, 4) is 5.75 Å². The van der Waals surface area contributed by atoms with E-state index in [1.807, 2.05) is 6.07 Å². The zero-order chi connectivity index (χ0) is 21.3. The molecule has 0 bridgehead atoms. The highest BCUT2D eigenvalue weighted by Gasteiger charge is 2.22. The number of nitrogens with one attached hydrogen (secondary N) is 1. The average Bonchev–Trinajstić information content (AvgIpc) is 2.72. The Hall–Kier alpha value is -2.91. The molecule has 29 heavy (non-hydrogen) atoms. The Morgan fingerprint density at radius 3 is 2.31 bits per heavy atom. The van der Waals surface area contributed by atoms with E-state index in [0.29, 0.717) is 24.5 Å². The zero-order valence-corrected chi connectivity index (χ0v) is 17.1. The van der Waals surface area contributed by atoms with Crippen LogP contribution in [0.3, 0.4) is 0 Å². The summed E-state index contributed by atoms with van der Waals surface area (Å²) in [5.74, 6) is -0.766. The number of amides is 1. The molecule has 0 aliphatic heterocycles. The molecule has 0 saturated heterocycles. The van der Waals surface area contributed by atoms with E-state index >= 15 is 0 Å². The zero-order valence-electron chi connectivity index (χ0n) is 16.3. The molecule has 2 aromatic carbocycles. The largest absolute Gasteiger partial charge is 0.482 e. The highest BCUT2D eigenvalue weighted by molar-refractivity contribution is 7.89. The summed E-state index contributed by atoms with van der Waals surface area (Å²) in [7, 11) is -3.64. The van der Waals surface area contributed by atoms with Crippen molar-refractivity contribution in [2.45, 2.75) is 18.7 Å². The van der Waals surface area contributed by atoms with E-state index in [1.165, 1.54) is 22.5 Å².